The van der Waals surface area contributed by atoms with E-state index >= 15 is 0 Å². The SMILES string of the molecule is Cn1c(C(=O)NC2CC3(CC3)C2)cc2ccnc(Cl)c21. The van der Waals surface area contributed by atoms with Gasteiger partial charge in [0.05, 0.1) is 5.52 Å². The van der Waals surface area contributed by atoms with Crippen molar-refractivity contribution in [3.63, 3.8) is 0 Å². The normalized spacial score (nSPS) is 20.1. The van der Waals surface area contributed by atoms with Crippen LogP contribution in [0.4, 0.5) is 0 Å². The molecule has 0 saturated heterocycles. The third kappa shape index (κ3) is 1.74. The standard InChI is InChI=1S/C15H16ClN3O/c1-19-11(6-9-2-5-17-13(16)12(9)19)14(20)18-10-7-15(8-10)3-4-15/h2,5-6,10H,3-4,7-8H2,1H3,(H,18,20). The van der Waals surface area contributed by atoms with Crippen molar-refractivity contribution in [3.05, 3.63) is 29.2 Å². The molecule has 0 atom stereocenters. The van der Waals surface area contributed by atoms with Crippen molar-refractivity contribution in [3.8, 4) is 0 Å². The van der Waals surface area contributed by atoms with E-state index in [9.17, 15) is 4.79 Å². The first-order chi connectivity index (χ1) is 9.58. The van der Waals surface area contributed by atoms with E-state index in [-0.39, 0.29) is 5.91 Å². The molecule has 1 amide bonds. The summed E-state index contributed by atoms with van der Waals surface area (Å²) in [5.41, 5.74) is 2.06. The first-order valence-electron chi connectivity index (χ1n) is 6.99. The van der Waals surface area contributed by atoms with Crippen molar-refractivity contribution in [2.24, 2.45) is 12.5 Å². The summed E-state index contributed by atoms with van der Waals surface area (Å²) in [4.78, 5) is 16.5. The van der Waals surface area contributed by atoms with Crippen molar-refractivity contribution in [2.75, 3.05) is 0 Å². The summed E-state index contributed by atoms with van der Waals surface area (Å²) >= 11 is 6.11. The number of hydrogen-bond acceptors (Lipinski definition) is 2. The van der Waals surface area contributed by atoms with Gasteiger partial charge in [-0.05, 0) is 43.2 Å². The number of nitrogens with one attached hydrogen (secondary N) is 1. The lowest BCUT2D eigenvalue weighted by Gasteiger charge is -2.36. The minimum Gasteiger partial charge on any atom is -0.348 e. The van der Waals surface area contributed by atoms with Crippen LogP contribution in [0.5, 0.6) is 0 Å². The Morgan fingerprint density at radius 2 is 2.25 bits per heavy atom. The van der Waals surface area contributed by atoms with Gasteiger partial charge in [0.1, 0.15) is 5.69 Å². The van der Waals surface area contributed by atoms with E-state index in [0.717, 1.165) is 23.7 Å². The number of carbonyl (C=O) groups is 1. The zero-order chi connectivity index (χ0) is 13.9. The largest absolute Gasteiger partial charge is 0.348 e. The number of aromatic nitrogens is 2. The first-order valence-corrected chi connectivity index (χ1v) is 7.37. The number of halogens is 1. The number of amides is 1. The maximum atomic E-state index is 12.4. The van der Waals surface area contributed by atoms with Gasteiger partial charge in [0.25, 0.3) is 5.91 Å². The predicted molar refractivity (Wildman–Crippen MR) is 77.9 cm³/mol. The van der Waals surface area contributed by atoms with E-state index in [1.54, 1.807) is 6.20 Å². The molecule has 2 heterocycles. The van der Waals surface area contributed by atoms with Gasteiger partial charge in [-0.15, -0.1) is 0 Å². The number of nitrogens with zero attached hydrogens (tertiary/aromatic N) is 2. The van der Waals surface area contributed by atoms with Crippen LogP contribution in [0.15, 0.2) is 18.3 Å². The van der Waals surface area contributed by atoms with Crippen LogP contribution in [0.1, 0.15) is 36.2 Å². The highest BCUT2D eigenvalue weighted by atomic mass is 35.5. The van der Waals surface area contributed by atoms with Gasteiger partial charge in [0.2, 0.25) is 0 Å². The molecule has 0 bridgehead atoms. The van der Waals surface area contributed by atoms with Crippen molar-refractivity contribution in [2.45, 2.75) is 31.7 Å². The Labute approximate surface area is 122 Å². The molecule has 0 radical (unpaired) electrons. The molecule has 1 N–H and O–H groups in total. The molecule has 2 aromatic rings. The van der Waals surface area contributed by atoms with Gasteiger partial charge in [-0.3, -0.25) is 4.79 Å². The van der Waals surface area contributed by atoms with Crippen LogP contribution >= 0.6 is 11.6 Å². The topological polar surface area (TPSA) is 46.9 Å². The summed E-state index contributed by atoms with van der Waals surface area (Å²) in [5.74, 6) is -0.0136. The van der Waals surface area contributed by atoms with E-state index < -0.39 is 0 Å². The van der Waals surface area contributed by atoms with Gasteiger partial charge < -0.3 is 9.88 Å². The Hall–Kier alpha value is -1.55. The van der Waals surface area contributed by atoms with E-state index in [1.165, 1.54) is 12.8 Å². The van der Waals surface area contributed by atoms with Crippen molar-refractivity contribution < 1.29 is 4.79 Å². The fourth-order valence-corrected chi connectivity index (χ4v) is 3.70. The lowest BCUT2D eigenvalue weighted by molar-refractivity contribution is 0.0869. The lowest BCUT2D eigenvalue weighted by Crippen LogP contribution is -2.45. The number of pyridine rings is 1. The van der Waals surface area contributed by atoms with Gasteiger partial charge in [0.15, 0.2) is 5.15 Å². The summed E-state index contributed by atoms with van der Waals surface area (Å²) in [6.07, 6.45) is 6.63. The Bertz CT molecular complexity index is 709. The minimum atomic E-state index is -0.0136. The summed E-state index contributed by atoms with van der Waals surface area (Å²) in [6, 6.07) is 4.10. The molecule has 2 aromatic heterocycles. The van der Waals surface area contributed by atoms with Gasteiger partial charge >= 0.3 is 0 Å². The van der Waals surface area contributed by atoms with Crippen LogP contribution < -0.4 is 5.32 Å². The maximum Gasteiger partial charge on any atom is 0.268 e. The van der Waals surface area contributed by atoms with Crippen LogP contribution in [0, 0.1) is 5.41 Å². The van der Waals surface area contributed by atoms with E-state index in [2.05, 4.69) is 10.3 Å². The number of rotatable bonds is 2. The van der Waals surface area contributed by atoms with Gasteiger partial charge in [-0.2, -0.15) is 0 Å². The fourth-order valence-electron chi connectivity index (χ4n) is 3.41. The molecule has 104 valence electrons. The highest BCUT2D eigenvalue weighted by Gasteiger charge is 2.53. The van der Waals surface area contributed by atoms with E-state index in [0.29, 0.717) is 22.3 Å². The number of hydrogen-bond donors (Lipinski definition) is 1. The average molecular weight is 290 g/mol. The molecule has 2 fully saturated rings. The molecule has 0 aliphatic heterocycles. The zero-order valence-corrected chi connectivity index (χ0v) is 12.1. The first kappa shape index (κ1) is 12.2. The van der Waals surface area contributed by atoms with Gasteiger partial charge in [-0.1, -0.05) is 11.6 Å². The Balaban J connectivity index is 1.59. The molecule has 2 aliphatic carbocycles. The van der Waals surface area contributed by atoms with Gasteiger partial charge in [-0.25, -0.2) is 4.98 Å². The Morgan fingerprint density at radius 3 is 2.90 bits per heavy atom. The molecule has 2 saturated carbocycles. The number of aryl methyl sites for hydroxylation is 1. The summed E-state index contributed by atoms with van der Waals surface area (Å²) in [5, 5.41) is 4.51. The lowest BCUT2D eigenvalue weighted by atomic mass is 9.77. The second-order valence-electron chi connectivity index (χ2n) is 6.21. The van der Waals surface area contributed by atoms with Crippen molar-refractivity contribution >= 4 is 28.4 Å². The van der Waals surface area contributed by atoms with E-state index in [1.807, 2.05) is 23.7 Å². The Morgan fingerprint density at radius 1 is 1.50 bits per heavy atom. The molecule has 0 unspecified atom stereocenters. The summed E-state index contributed by atoms with van der Waals surface area (Å²) in [7, 11) is 1.86. The maximum absolute atomic E-state index is 12.4. The average Bonchev–Trinajstić information content (AvgIpc) is 3.08. The molecule has 0 aromatic carbocycles. The van der Waals surface area contributed by atoms with Gasteiger partial charge in [0, 0.05) is 24.7 Å². The Kier molecular flexibility index (Phi) is 2.43. The fraction of sp³-hybridized carbons (Fsp3) is 0.467. The van der Waals surface area contributed by atoms with Crippen molar-refractivity contribution in [1.29, 1.82) is 0 Å². The molecule has 4 nitrogen and oxygen atoms in total. The third-order valence-electron chi connectivity index (χ3n) is 4.78. The number of carbonyl (C=O) groups excluding carboxylic acids is 1. The third-order valence-corrected chi connectivity index (χ3v) is 5.06. The predicted octanol–water partition coefficient (Wildman–Crippen LogP) is 2.90. The van der Waals surface area contributed by atoms with Crippen LogP contribution in [0.3, 0.4) is 0 Å². The highest BCUT2D eigenvalue weighted by molar-refractivity contribution is 6.34. The molecular weight excluding hydrogens is 274 g/mol. The minimum absolute atomic E-state index is 0.0136. The van der Waals surface area contributed by atoms with Crippen LogP contribution in [-0.4, -0.2) is 21.5 Å². The number of fused-ring (bicyclic) bond motifs is 1. The van der Waals surface area contributed by atoms with Crippen LogP contribution in [0.25, 0.3) is 10.9 Å². The quantitative estimate of drug-likeness (QED) is 0.864. The second kappa shape index (κ2) is 3.98. The monoisotopic (exact) mass is 289 g/mol. The zero-order valence-electron chi connectivity index (χ0n) is 11.3. The van der Waals surface area contributed by atoms with Crippen LogP contribution in [0.2, 0.25) is 5.15 Å². The van der Waals surface area contributed by atoms with Crippen LogP contribution in [-0.2, 0) is 7.05 Å². The summed E-state index contributed by atoms with van der Waals surface area (Å²) in [6.45, 7) is 0. The molecule has 5 heteroatoms. The smallest absolute Gasteiger partial charge is 0.268 e. The summed E-state index contributed by atoms with van der Waals surface area (Å²) < 4.78 is 1.82. The van der Waals surface area contributed by atoms with Crippen molar-refractivity contribution in [1.82, 2.24) is 14.9 Å². The molecule has 2 aliphatic rings. The molecule has 1 spiro atoms. The molecule has 20 heavy (non-hydrogen) atoms. The highest BCUT2D eigenvalue weighted by Crippen LogP contribution is 2.60. The molecule has 4 rings (SSSR count). The van der Waals surface area contributed by atoms with E-state index in [4.69, 9.17) is 11.6 Å². The second-order valence-corrected chi connectivity index (χ2v) is 6.56. The molecular formula is C15H16ClN3O.